The molecule has 4 rings (SSSR count). The van der Waals surface area contributed by atoms with Crippen molar-refractivity contribution in [2.24, 2.45) is 4.36 Å². The molecule has 1 saturated carbocycles. The number of anilines is 2. The molecule has 3 unspecified atom stereocenters. The maximum atomic E-state index is 13.7. The van der Waals surface area contributed by atoms with Gasteiger partial charge >= 0.3 is 18.3 Å². The first-order valence-corrected chi connectivity index (χ1v) is 14.3. The van der Waals surface area contributed by atoms with Crippen LogP contribution in [0.15, 0.2) is 70.1 Å². The van der Waals surface area contributed by atoms with E-state index in [1.807, 2.05) is 30.3 Å². The first-order chi connectivity index (χ1) is 19.7. The second-order valence-electron chi connectivity index (χ2n) is 9.55. The highest BCUT2D eigenvalue weighted by Gasteiger charge is 2.43. The third-order valence-electron chi connectivity index (χ3n) is 6.26. The average molecular weight is 617 g/mol. The molecule has 8 nitrogen and oxygen atoms in total. The molecule has 2 aromatic carbocycles. The van der Waals surface area contributed by atoms with Gasteiger partial charge in [0.25, 0.3) is 0 Å². The minimum atomic E-state index is -5.26. The van der Waals surface area contributed by atoms with Gasteiger partial charge in [0, 0.05) is 22.0 Å². The first-order valence-electron chi connectivity index (χ1n) is 12.7. The van der Waals surface area contributed by atoms with Crippen LogP contribution in [0.3, 0.4) is 0 Å². The number of ether oxygens (including phenoxy) is 2. The Balaban J connectivity index is 1.52. The van der Waals surface area contributed by atoms with E-state index >= 15 is 0 Å². The van der Waals surface area contributed by atoms with Crippen LogP contribution in [0.25, 0.3) is 0 Å². The number of amides is 1. The van der Waals surface area contributed by atoms with Crippen molar-refractivity contribution in [2.75, 3.05) is 5.32 Å². The van der Waals surface area contributed by atoms with Crippen LogP contribution in [-0.4, -0.2) is 43.7 Å². The Morgan fingerprint density at radius 1 is 1.02 bits per heavy atom. The molecule has 0 saturated heterocycles. The van der Waals surface area contributed by atoms with E-state index in [-0.39, 0.29) is 23.1 Å². The van der Waals surface area contributed by atoms with E-state index in [0.717, 1.165) is 5.56 Å². The van der Waals surface area contributed by atoms with Crippen molar-refractivity contribution < 1.29 is 44.8 Å². The van der Waals surface area contributed by atoms with E-state index in [1.165, 1.54) is 31.2 Å². The summed E-state index contributed by atoms with van der Waals surface area (Å²) < 4.78 is 107. The van der Waals surface area contributed by atoms with Gasteiger partial charge < -0.3 is 14.8 Å². The van der Waals surface area contributed by atoms with E-state index in [4.69, 9.17) is 9.47 Å². The number of nitrogens with zero attached hydrogens (tertiary/aromatic N) is 3. The highest BCUT2D eigenvalue weighted by Crippen LogP contribution is 2.38. The van der Waals surface area contributed by atoms with Crippen LogP contribution in [0, 0.1) is 0 Å². The Hall–Kier alpha value is -3.72. The summed E-state index contributed by atoms with van der Waals surface area (Å²) in [6, 6.07) is 14.3. The molecule has 0 bridgehead atoms. The summed E-state index contributed by atoms with van der Waals surface area (Å²) in [5, 5.41) is 2.00. The molecular formula is C27H26F6N4O4S. The average Bonchev–Trinajstić information content (AvgIpc) is 3.78. The molecule has 0 aliphatic heterocycles. The lowest BCUT2D eigenvalue weighted by Gasteiger charge is -2.23. The summed E-state index contributed by atoms with van der Waals surface area (Å²) in [5.74, 6) is -3.43. The predicted molar refractivity (Wildman–Crippen MR) is 140 cm³/mol. The molecule has 0 spiro atoms. The zero-order valence-corrected chi connectivity index (χ0v) is 23.1. The van der Waals surface area contributed by atoms with Crippen LogP contribution in [-0.2, 0) is 32.0 Å². The SMILES string of the molecule is CC(OCc1ccccc1)C(C)Oc1nc(Nc2ccc(S(=O)(=NC(=O)C(F)(F)F)C3CC3)cc2)ncc1C(F)(F)F. The first kappa shape index (κ1) is 31.2. The summed E-state index contributed by atoms with van der Waals surface area (Å²) in [4.78, 5) is 19.0. The molecule has 1 N–H and O–H groups in total. The fraction of sp³-hybridized carbons (Fsp3) is 0.370. The molecule has 42 heavy (non-hydrogen) atoms. The summed E-state index contributed by atoms with van der Waals surface area (Å²) in [7, 11) is -3.68. The van der Waals surface area contributed by atoms with Crippen molar-refractivity contribution in [3.63, 3.8) is 0 Å². The number of aromatic nitrogens is 2. The Morgan fingerprint density at radius 3 is 2.24 bits per heavy atom. The number of rotatable bonds is 10. The lowest BCUT2D eigenvalue weighted by atomic mass is 10.2. The second kappa shape index (κ2) is 12.3. The van der Waals surface area contributed by atoms with Gasteiger partial charge in [-0.25, -0.2) is 9.19 Å². The Bertz CT molecular complexity index is 1520. The van der Waals surface area contributed by atoms with Crippen molar-refractivity contribution >= 4 is 27.3 Å². The van der Waals surface area contributed by atoms with Crippen LogP contribution in [0.1, 0.15) is 37.8 Å². The number of nitrogens with one attached hydrogen (secondary N) is 1. The third-order valence-corrected chi connectivity index (χ3v) is 9.02. The Labute approximate surface area is 237 Å². The number of alkyl halides is 6. The zero-order valence-electron chi connectivity index (χ0n) is 22.3. The molecule has 0 radical (unpaired) electrons. The van der Waals surface area contributed by atoms with Crippen LogP contribution in [0.4, 0.5) is 38.0 Å². The predicted octanol–water partition coefficient (Wildman–Crippen LogP) is 6.69. The van der Waals surface area contributed by atoms with Crippen molar-refractivity contribution in [3.05, 3.63) is 71.9 Å². The highest BCUT2D eigenvalue weighted by atomic mass is 32.2. The molecule has 1 heterocycles. The number of benzene rings is 2. The minimum Gasteiger partial charge on any atom is -0.471 e. The standard InChI is InChI=1S/C27H26F6N4O4S/c1-16(40-15-18-6-4-3-5-7-18)17(2)41-23-22(26(28,29)30)14-34-25(36-23)35-19-8-10-20(11-9-19)42(39,21-12-13-21)37-24(38)27(31,32)33/h3-11,14,16-17,21H,12-13,15H2,1-2H3,(H,34,35,36). The molecule has 1 amide bonds. The normalized spacial score (nSPS) is 16.7. The van der Waals surface area contributed by atoms with E-state index in [2.05, 4.69) is 19.6 Å². The van der Waals surface area contributed by atoms with Gasteiger partial charge in [-0.3, -0.25) is 4.79 Å². The highest BCUT2D eigenvalue weighted by molar-refractivity contribution is 7.94. The van der Waals surface area contributed by atoms with E-state index < -0.39 is 56.9 Å². The number of hydrogen-bond acceptors (Lipinski definition) is 7. The summed E-state index contributed by atoms with van der Waals surface area (Å²) in [6.07, 6.45) is -10.3. The smallest absolute Gasteiger partial charge is 0.471 e. The molecule has 1 aliphatic rings. The van der Waals surface area contributed by atoms with Crippen molar-refractivity contribution in [1.29, 1.82) is 0 Å². The third kappa shape index (κ3) is 7.76. The molecular weight excluding hydrogens is 590 g/mol. The quantitative estimate of drug-likeness (QED) is 0.253. The number of halogens is 6. The monoisotopic (exact) mass is 616 g/mol. The van der Waals surface area contributed by atoms with E-state index in [1.54, 1.807) is 6.92 Å². The Morgan fingerprint density at radius 2 is 1.67 bits per heavy atom. The summed E-state index contributed by atoms with van der Waals surface area (Å²) in [6.45, 7) is 3.41. The summed E-state index contributed by atoms with van der Waals surface area (Å²) in [5.41, 5.74) is -0.108. The minimum absolute atomic E-state index is 0.0798. The van der Waals surface area contributed by atoms with Crippen LogP contribution in [0.5, 0.6) is 5.88 Å². The number of hydrogen-bond donors (Lipinski definition) is 1. The molecule has 1 aliphatic carbocycles. The van der Waals surface area contributed by atoms with Crippen molar-refractivity contribution in [3.8, 4) is 5.88 Å². The second-order valence-corrected chi connectivity index (χ2v) is 12.0. The lowest BCUT2D eigenvalue weighted by molar-refractivity contribution is -0.169. The maximum Gasteiger partial charge on any atom is 0.474 e. The topological polar surface area (TPSA) is 103 Å². The van der Waals surface area contributed by atoms with Crippen LogP contribution < -0.4 is 10.1 Å². The fourth-order valence-electron chi connectivity index (χ4n) is 3.66. The van der Waals surface area contributed by atoms with Crippen LogP contribution >= 0.6 is 0 Å². The van der Waals surface area contributed by atoms with Gasteiger partial charge in [0.2, 0.25) is 11.8 Å². The van der Waals surface area contributed by atoms with Gasteiger partial charge in [0.15, 0.2) is 0 Å². The molecule has 1 fully saturated rings. The van der Waals surface area contributed by atoms with E-state index in [9.17, 15) is 35.3 Å². The van der Waals surface area contributed by atoms with Crippen LogP contribution in [0.2, 0.25) is 0 Å². The van der Waals surface area contributed by atoms with Crippen molar-refractivity contribution in [2.45, 2.75) is 68.0 Å². The van der Waals surface area contributed by atoms with Gasteiger partial charge in [-0.05, 0) is 56.5 Å². The lowest BCUT2D eigenvalue weighted by Crippen LogP contribution is -2.30. The summed E-state index contributed by atoms with van der Waals surface area (Å²) >= 11 is 0. The van der Waals surface area contributed by atoms with Gasteiger partial charge in [-0.1, -0.05) is 30.3 Å². The molecule has 3 atom stereocenters. The maximum absolute atomic E-state index is 13.7. The fourth-order valence-corrected chi connectivity index (χ4v) is 5.95. The van der Waals surface area contributed by atoms with Gasteiger partial charge in [-0.15, -0.1) is 4.36 Å². The molecule has 15 heteroatoms. The van der Waals surface area contributed by atoms with Gasteiger partial charge in [0.05, 0.1) is 22.4 Å². The number of carbonyl (C=O) groups is 1. The zero-order chi connectivity index (χ0) is 30.7. The number of carbonyl (C=O) groups excluding carboxylic acids is 1. The molecule has 226 valence electrons. The molecule has 3 aromatic rings. The van der Waals surface area contributed by atoms with Gasteiger partial charge in [-0.2, -0.15) is 31.3 Å². The van der Waals surface area contributed by atoms with Gasteiger partial charge in [0.1, 0.15) is 11.7 Å². The van der Waals surface area contributed by atoms with E-state index in [0.29, 0.717) is 19.0 Å². The van der Waals surface area contributed by atoms with Crippen molar-refractivity contribution in [1.82, 2.24) is 9.97 Å². The Kier molecular flexibility index (Phi) is 9.11. The largest absolute Gasteiger partial charge is 0.474 e. The molecule has 1 aromatic heterocycles.